The lowest BCUT2D eigenvalue weighted by atomic mass is 10.1. The van der Waals surface area contributed by atoms with Gasteiger partial charge in [-0.15, -0.1) is 0 Å². The number of thiocarbonyl (C=S) groups is 1. The Morgan fingerprint density at radius 2 is 1.94 bits per heavy atom. The maximum Gasteiger partial charge on any atom is 0.231 e. The molecule has 1 aromatic heterocycles. The first-order valence-corrected chi connectivity index (χ1v) is 10.4. The minimum absolute atomic E-state index is 0.203. The summed E-state index contributed by atoms with van der Waals surface area (Å²) in [4.78, 5) is 4.60. The van der Waals surface area contributed by atoms with E-state index in [1.165, 1.54) is 5.56 Å². The van der Waals surface area contributed by atoms with Gasteiger partial charge in [0.05, 0.1) is 11.1 Å². The third-order valence-electron chi connectivity index (χ3n) is 5.00. The van der Waals surface area contributed by atoms with Gasteiger partial charge in [0.1, 0.15) is 11.9 Å². The van der Waals surface area contributed by atoms with Gasteiger partial charge in [0.2, 0.25) is 6.79 Å². The summed E-state index contributed by atoms with van der Waals surface area (Å²) in [6, 6.07) is 13.9. The van der Waals surface area contributed by atoms with Gasteiger partial charge in [-0.25, -0.2) is 4.98 Å². The highest BCUT2D eigenvalue weighted by molar-refractivity contribution is 7.80. The summed E-state index contributed by atoms with van der Waals surface area (Å²) in [7, 11) is 0. The Balaban J connectivity index is 1.31. The normalized spacial score (nSPS) is 11.8. The smallest absolute Gasteiger partial charge is 0.231 e. The van der Waals surface area contributed by atoms with Crippen molar-refractivity contribution in [2.24, 2.45) is 0 Å². The zero-order chi connectivity index (χ0) is 21.8. The number of nitrogens with one attached hydrogen (secondary N) is 3. The van der Waals surface area contributed by atoms with Crippen LogP contribution in [0.5, 0.6) is 11.5 Å². The molecule has 0 unspecified atom stereocenters. The minimum Gasteiger partial charge on any atom is -0.454 e. The number of rotatable bonds is 6. The number of ether oxygens (including phenoxy) is 2. The van der Waals surface area contributed by atoms with Crippen LogP contribution in [-0.2, 0) is 0 Å². The standard InChI is InChI=1S/C23H23N5O2S/c1-14-4-5-15(2)18(8-14)28-23(31)26-7-3-6-25-22-17(12-24)9-16-10-20-21(30-13-29-20)11-19(16)27-22/h4-5,8-11H,3,6-7,13H2,1-2H3,(H,25,27)(H2,26,28,31). The average molecular weight is 434 g/mol. The number of nitrogens with zero attached hydrogens (tertiary/aromatic N) is 2. The molecule has 7 nitrogen and oxygen atoms in total. The molecule has 0 aliphatic carbocycles. The maximum atomic E-state index is 9.51. The number of hydrogen-bond donors (Lipinski definition) is 3. The summed E-state index contributed by atoms with van der Waals surface area (Å²) in [6.07, 6.45) is 0.806. The number of hydrogen-bond acceptors (Lipinski definition) is 6. The molecule has 0 bridgehead atoms. The van der Waals surface area contributed by atoms with E-state index >= 15 is 0 Å². The van der Waals surface area contributed by atoms with Crippen LogP contribution in [0.2, 0.25) is 0 Å². The van der Waals surface area contributed by atoms with Crippen LogP contribution < -0.4 is 25.4 Å². The van der Waals surface area contributed by atoms with Gasteiger partial charge in [0, 0.05) is 30.2 Å². The molecule has 0 fully saturated rings. The van der Waals surface area contributed by atoms with E-state index < -0.39 is 0 Å². The Labute approximate surface area is 186 Å². The summed E-state index contributed by atoms with van der Waals surface area (Å²) in [5.41, 5.74) is 4.58. The second-order valence-electron chi connectivity index (χ2n) is 7.37. The molecule has 0 spiro atoms. The topological polar surface area (TPSA) is 91.2 Å². The lowest BCUT2D eigenvalue weighted by Gasteiger charge is -2.14. The van der Waals surface area contributed by atoms with Crippen molar-refractivity contribution in [3.8, 4) is 17.6 Å². The van der Waals surface area contributed by atoms with E-state index in [0.717, 1.165) is 28.6 Å². The van der Waals surface area contributed by atoms with Crippen molar-refractivity contribution in [3.63, 3.8) is 0 Å². The molecule has 2 heterocycles. The van der Waals surface area contributed by atoms with E-state index in [-0.39, 0.29) is 6.79 Å². The molecule has 158 valence electrons. The molecule has 0 atom stereocenters. The summed E-state index contributed by atoms with van der Waals surface area (Å²) < 4.78 is 10.8. The lowest BCUT2D eigenvalue weighted by Crippen LogP contribution is -2.30. The van der Waals surface area contributed by atoms with Crippen LogP contribution in [0, 0.1) is 25.2 Å². The number of aromatic nitrogens is 1. The van der Waals surface area contributed by atoms with Gasteiger partial charge in [-0.05, 0) is 61.8 Å². The molecule has 1 aliphatic heterocycles. The Kier molecular flexibility index (Phi) is 6.05. The first kappa shape index (κ1) is 20.7. The molecule has 4 rings (SSSR count). The fourth-order valence-corrected chi connectivity index (χ4v) is 3.53. The van der Waals surface area contributed by atoms with Crippen molar-refractivity contribution in [2.75, 3.05) is 30.5 Å². The quantitative estimate of drug-likeness (QED) is 0.393. The van der Waals surface area contributed by atoms with Gasteiger partial charge in [-0.2, -0.15) is 5.26 Å². The van der Waals surface area contributed by atoms with Crippen LogP contribution in [0.3, 0.4) is 0 Å². The van der Waals surface area contributed by atoms with Crippen molar-refractivity contribution < 1.29 is 9.47 Å². The zero-order valence-corrected chi connectivity index (χ0v) is 18.2. The number of aryl methyl sites for hydroxylation is 2. The van der Waals surface area contributed by atoms with Gasteiger partial charge in [-0.3, -0.25) is 0 Å². The second-order valence-corrected chi connectivity index (χ2v) is 7.78. The average Bonchev–Trinajstić information content (AvgIpc) is 3.21. The molecule has 1 aliphatic rings. The van der Waals surface area contributed by atoms with E-state index in [4.69, 9.17) is 21.7 Å². The predicted octanol–water partition coefficient (Wildman–Crippen LogP) is 4.24. The lowest BCUT2D eigenvalue weighted by molar-refractivity contribution is 0.174. The largest absolute Gasteiger partial charge is 0.454 e. The summed E-state index contributed by atoms with van der Waals surface area (Å²) >= 11 is 5.39. The zero-order valence-electron chi connectivity index (χ0n) is 17.4. The van der Waals surface area contributed by atoms with E-state index in [9.17, 15) is 5.26 Å². The summed E-state index contributed by atoms with van der Waals surface area (Å²) in [5.74, 6) is 1.91. The molecule has 0 amide bonds. The van der Waals surface area contributed by atoms with Crippen molar-refractivity contribution in [1.82, 2.24) is 10.3 Å². The van der Waals surface area contributed by atoms with Crippen LogP contribution >= 0.6 is 12.2 Å². The van der Waals surface area contributed by atoms with Crippen LogP contribution in [0.25, 0.3) is 10.9 Å². The predicted molar refractivity (Wildman–Crippen MR) is 126 cm³/mol. The first-order chi connectivity index (χ1) is 15.0. The molecule has 8 heteroatoms. The van der Waals surface area contributed by atoms with Gasteiger partial charge < -0.3 is 25.4 Å². The Morgan fingerprint density at radius 3 is 2.74 bits per heavy atom. The highest BCUT2D eigenvalue weighted by Crippen LogP contribution is 2.36. The number of pyridine rings is 1. The third-order valence-corrected chi connectivity index (χ3v) is 5.25. The van der Waals surface area contributed by atoms with Gasteiger partial charge >= 0.3 is 0 Å². The molecule has 0 radical (unpaired) electrons. The van der Waals surface area contributed by atoms with Gasteiger partial charge in [-0.1, -0.05) is 12.1 Å². The van der Waals surface area contributed by atoms with Crippen molar-refractivity contribution in [2.45, 2.75) is 20.3 Å². The highest BCUT2D eigenvalue weighted by Gasteiger charge is 2.16. The molecular formula is C23H23N5O2S. The summed E-state index contributed by atoms with van der Waals surface area (Å²) in [6.45, 7) is 5.64. The summed E-state index contributed by atoms with van der Waals surface area (Å²) in [5, 5.41) is 20.6. The maximum absolute atomic E-state index is 9.51. The minimum atomic E-state index is 0.203. The molecule has 2 aromatic carbocycles. The van der Waals surface area contributed by atoms with Crippen molar-refractivity contribution >= 4 is 39.7 Å². The van der Waals surface area contributed by atoms with Crippen LogP contribution in [0.15, 0.2) is 36.4 Å². The molecule has 3 aromatic rings. The number of fused-ring (bicyclic) bond motifs is 2. The first-order valence-electron chi connectivity index (χ1n) is 10.0. The van der Waals surface area contributed by atoms with Gasteiger partial charge in [0.25, 0.3) is 0 Å². The Hall–Kier alpha value is -3.57. The van der Waals surface area contributed by atoms with E-state index in [0.29, 0.717) is 41.1 Å². The van der Waals surface area contributed by atoms with Crippen LogP contribution in [-0.4, -0.2) is 30.0 Å². The fourth-order valence-electron chi connectivity index (χ4n) is 3.32. The number of anilines is 2. The van der Waals surface area contributed by atoms with Crippen LogP contribution in [0.1, 0.15) is 23.1 Å². The molecular weight excluding hydrogens is 410 g/mol. The fraction of sp³-hybridized carbons (Fsp3) is 0.261. The molecule has 0 saturated carbocycles. The Bertz CT molecular complexity index is 1190. The SMILES string of the molecule is Cc1ccc(C)c(NC(=S)NCCCNc2nc3cc4c(cc3cc2C#N)OCO4)c1. The second kappa shape index (κ2) is 9.06. The molecule has 31 heavy (non-hydrogen) atoms. The highest BCUT2D eigenvalue weighted by atomic mass is 32.1. The van der Waals surface area contributed by atoms with E-state index in [1.54, 1.807) is 0 Å². The van der Waals surface area contributed by atoms with E-state index in [1.807, 2.05) is 25.1 Å². The number of nitriles is 1. The van der Waals surface area contributed by atoms with Crippen molar-refractivity contribution in [3.05, 3.63) is 53.1 Å². The third kappa shape index (κ3) is 4.78. The number of benzene rings is 2. The van der Waals surface area contributed by atoms with Crippen molar-refractivity contribution in [1.29, 1.82) is 5.26 Å². The van der Waals surface area contributed by atoms with E-state index in [2.05, 4.69) is 52.1 Å². The molecule has 0 saturated heterocycles. The molecule has 3 N–H and O–H groups in total. The van der Waals surface area contributed by atoms with Crippen LogP contribution in [0.4, 0.5) is 11.5 Å². The monoisotopic (exact) mass is 433 g/mol. The van der Waals surface area contributed by atoms with Gasteiger partial charge in [0.15, 0.2) is 16.6 Å². The Morgan fingerprint density at radius 1 is 1.13 bits per heavy atom.